The van der Waals surface area contributed by atoms with Crippen molar-refractivity contribution in [1.82, 2.24) is 5.01 Å². The Balaban J connectivity index is 1.89. The van der Waals surface area contributed by atoms with Gasteiger partial charge in [-0.3, -0.25) is 0 Å². The molecule has 0 bridgehead atoms. The monoisotopic (exact) mass is 221 g/mol. The lowest BCUT2D eigenvalue weighted by molar-refractivity contribution is 0.332. The molecule has 4 aliphatic rings. The Morgan fingerprint density at radius 3 is 3.24 bits per heavy atom. The molecule has 0 spiro atoms. The van der Waals surface area contributed by atoms with Crippen LogP contribution >= 0.6 is 0 Å². The highest BCUT2D eigenvalue weighted by Gasteiger charge is 2.33. The summed E-state index contributed by atoms with van der Waals surface area (Å²) in [6.45, 7) is 0. The normalized spacial score (nSPS) is 27.8. The van der Waals surface area contributed by atoms with E-state index in [4.69, 9.17) is 0 Å². The molecule has 1 unspecified atom stereocenters. The second kappa shape index (κ2) is 3.17. The molecule has 0 fully saturated rings. The summed E-state index contributed by atoms with van der Waals surface area (Å²) < 4.78 is 0. The second-order valence-electron chi connectivity index (χ2n) is 4.42. The predicted octanol–water partition coefficient (Wildman–Crippen LogP) is 3.20. The van der Waals surface area contributed by atoms with E-state index in [1.807, 2.05) is 17.2 Å². The van der Waals surface area contributed by atoms with Gasteiger partial charge in [0, 0.05) is 5.57 Å². The van der Waals surface area contributed by atoms with Crippen LogP contribution in [0.15, 0.2) is 81.5 Å². The molecule has 82 valence electrons. The summed E-state index contributed by atoms with van der Waals surface area (Å²) in [5.41, 5.74) is 4.78. The largest absolute Gasteiger partial charge is 0.235 e. The number of hydrogen-bond acceptors (Lipinski definition) is 3. The lowest BCUT2D eigenvalue weighted by Crippen LogP contribution is -2.26. The Morgan fingerprint density at radius 2 is 2.24 bits per heavy atom. The third-order valence-electron chi connectivity index (χ3n) is 3.43. The van der Waals surface area contributed by atoms with Crippen LogP contribution in [-0.2, 0) is 0 Å². The highest BCUT2D eigenvalue weighted by Crippen LogP contribution is 2.39. The van der Waals surface area contributed by atoms with Gasteiger partial charge < -0.3 is 0 Å². The van der Waals surface area contributed by atoms with E-state index in [1.165, 1.54) is 16.8 Å². The van der Waals surface area contributed by atoms with Gasteiger partial charge in [0.2, 0.25) is 0 Å². The van der Waals surface area contributed by atoms with Crippen molar-refractivity contribution in [2.24, 2.45) is 10.3 Å². The van der Waals surface area contributed by atoms with Crippen LogP contribution in [0.3, 0.4) is 0 Å². The first kappa shape index (κ1) is 8.93. The van der Waals surface area contributed by atoms with Crippen LogP contribution in [0.1, 0.15) is 6.42 Å². The summed E-state index contributed by atoms with van der Waals surface area (Å²) in [5.74, 6) is 0. The molecule has 1 atom stereocenters. The summed E-state index contributed by atoms with van der Waals surface area (Å²) >= 11 is 0. The van der Waals surface area contributed by atoms with Crippen LogP contribution in [0.25, 0.3) is 0 Å². The van der Waals surface area contributed by atoms with Crippen LogP contribution in [0.4, 0.5) is 0 Å². The first-order valence-corrected chi connectivity index (χ1v) is 5.81. The molecule has 0 N–H and O–H groups in total. The van der Waals surface area contributed by atoms with Crippen molar-refractivity contribution in [3.8, 4) is 0 Å². The average Bonchev–Trinajstić information content (AvgIpc) is 2.78. The van der Waals surface area contributed by atoms with Gasteiger partial charge in [-0.05, 0) is 24.1 Å². The van der Waals surface area contributed by atoms with E-state index < -0.39 is 0 Å². The van der Waals surface area contributed by atoms with Gasteiger partial charge >= 0.3 is 0 Å². The standard InChI is InChI=1S/C14H11N3/c1-4-8-13-10(5-1)9-14-11-6-2-3-7-12(11)15-16-17(13)14/h1-5,7-9,13H,6H2. The van der Waals surface area contributed by atoms with Crippen LogP contribution in [0.2, 0.25) is 0 Å². The number of nitrogens with zero attached hydrogens (tertiary/aromatic N) is 3. The van der Waals surface area contributed by atoms with Crippen molar-refractivity contribution in [2.45, 2.75) is 12.5 Å². The maximum absolute atomic E-state index is 4.32. The summed E-state index contributed by atoms with van der Waals surface area (Å²) in [5, 5.41) is 10.6. The summed E-state index contributed by atoms with van der Waals surface area (Å²) in [7, 11) is 0. The van der Waals surface area contributed by atoms with Gasteiger partial charge in [0.1, 0.15) is 0 Å². The molecule has 17 heavy (non-hydrogen) atoms. The zero-order chi connectivity index (χ0) is 11.2. The van der Waals surface area contributed by atoms with E-state index >= 15 is 0 Å². The Labute approximate surface area is 99.5 Å². The zero-order valence-electron chi connectivity index (χ0n) is 9.24. The minimum atomic E-state index is 0.235. The fourth-order valence-electron chi connectivity index (χ4n) is 2.58. The van der Waals surface area contributed by atoms with Gasteiger partial charge in [-0.25, -0.2) is 5.01 Å². The molecule has 3 nitrogen and oxygen atoms in total. The summed E-state index contributed by atoms with van der Waals surface area (Å²) in [4.78, 5) is 0. The van der Waals surface area contributed by atoms with E-state index in [0.717, 1.165) is 12.1 Å². The molecule has 0 aromatic heterocycles. The summed E-state index contributed by atoms with van der Waals surface area (Å²) in [6, 6.07) is 0.235. The number of allylic oxidation sites excluding steroid dienone is 7. The van der Waals surface area contributed by atoms with Crippen LogP contribution in [0.5, 0.6) is 0 Å². The Kier molecular flexibility index (Phi) is 1.66. The first-order chi connectivity index (χ1) is 8.43. The molecule has 0 amide bonds. The summed E-state index contributed by atoms with van der Waals surface area (Å²) in [6.07, 6.45) is 17.8. The molecule has 2 aliphatic carbocycles. The first-order valence-electron chi connectivity index (χ1n) is 5.81. The van der Waals surface area contributed by atoms with E-state index in [9.17, 15) is 0 Å². The minimum Gasteiger partial charge on any atom is -0.235 e. The number of fused-ring (bicyclic) bond motifs is 4. The molecule has 2 aliphatic heterocycles. The van der Waals surface area contributed by atoms with Gasteiger partial charge in [-0.1, -0.05) is 41.7 Å². The molecule has 3 heteroatoms. The second-order valence-corrected chi connectivity index (χ2v) is 4.42. The van der Waals surface area contributed by atoms with Crippen LogP contribution in [-0.4, -0.2) is 11.1 Å². The lowest BCUT2D eigenvalue weighted by Gasteiger charge is -2.27. The van der Waals surface area contributed by atoms with Gasteiger partial charge in [0.05, 0.1) is 17.4 Å². The lowest BCUT2D eigenvalue weighted by atomic mass is 10.0. The smallest absolute Gasteiger partial charge is 0.0977 e. The molecule has 0 aromatic rings. The minimum absolute atomic E-state index is 0.235. The average molecular weight is 221 g/mol. The van der Waals surface area contributed by atoms with Crippen LogP contribution < -0.4 is 0 Å². The third-order valence-corrected chi connectivity index (χ3v) is 3.43. The molecular formula is C14H11N3. The van der Waals surface area contributed by atoms with Gasteiger partial charge in [0.25, 0.3) is 0 Å². The van der Waals surface area contributed by atoms with Crippen molar-refractivity contribution in [1.29, 1.82) is 0 Å². The topological polar surface area (TPSA) is 28.0 Å². The van der Waals surface area contributed by atoms with E-state index in [2.05, 4.69) is 46.8 Å². The molecule has 4 rings (SSSR count). The predicted molar refractivity (Wildman–Crippen MR) is 65.7 cm³/mol. The quantitative estimate of drug-likeness (QED) is 0.617. The maximum atomic E-state index is 4.32. The molecule has 0 aromatic carbocycles. The maximum Gasteiger partial charge on any atom is 0.0977 e. The fourth-order valence-corrected chi connectivity index (χ4v) is 2.58. The highest BCUT2D eigenvalue weighted by molar-refractivity contribution is 5.54. The molecule has 0 radical (unpaired) electrons. The third kappa shape index (κ3) is 1.16. The highest BCUT2D eigenvalue weighted by atomic mass is 15.6. The van der Waals surface area contributed by atoms with E-state index in [1.54, 1.807) is 0 Å². The fraction of sp³-hybridized carbons (Fsp3) is 0.143. The molecular weight excluding hydrogens is 210 g/mol. The molecule has 2 heterocycles. The number of hydrogen-bond donors (Lipinski definition) is 0. The van der Waals surface area contributed by atoms with Gasteiger partial charge in [-0.2, -0.15) is 0 Å². The SMILES string of the molecule is C1=CCC2=C3C=C4C=CC=CC4N3N=NC2=C1. The van der Waals surface area contributed by atoms with Gasteiger partial charge in [-0.15, -0.1) is 5.11 Å². The molecule has 0 saturated heterocycles. The molecule has 0 saturated carbocycles. The zero-order valence-corrected chi connectivity index (χ0v) is 9.24. The van der Waals surface area contributed by atoms with E-state index in [-0.39, 0.29) is 6.04 Å². The van der Waals surface area contributed by atoms with Crippen molar-refractivity contribution >= 4 is 0 Å². The van der Waals surface area contributed by atoms with E-state index in [0.29, 0.717) is 0 Å². The van der Waals surface area contributed by atoms with Crippen molar-refractivity contribution in [3.05, 3.63) is 71.1 Å². The van der Waals surface area contributed by atoms with Crippen molar-refractivity contribution < 1.29 is 0 Å². The van der Waals surface area contributed by atoms with Crippen molar-refractivity contribution in [2.75, 3.05) is 0 Å². The van der Waals surface area contributed by atoms with Gasteiger partial charge in [0.15, 0.2) is 0 Å². The number of rotatable bonds is 0. The van der Waals surface area contributed by atoms with Crippen molar-refractivity contribution in [3.63, 3.8) is 0 Å². The Morgan fingerprint density at radius 1 is 1.24 bits per heavy atom. The Bertz CT molecular complexity index is 597. The Hall–Kier alpha value is -2.16. The van der Waals surface area contributed by atoms with Crippen LogP contribution in [0, 0.1) is 0 Å².